The summed E-state index contributed by atoms with van der Waals surface area (Å²) in [6.45, 7) is 5.89. The van der Waals surface area contributed by atoms with Crippen LogP contribution in [0.1, 0.15) is 303 Å². The molecule has 6 atom stereocenters. The number of aliphatic carboxylic acids is 1. The number of hydrogen-bond acceptors (Lipinski definition) is 11. The summed E-state index contributed by atoms with van der Waals surface area (Å²) in [7, 11) is 0. The van der Waals surface area contributed by atoms with E-state index >= 15 is 0 Å². The minimum absolute atomic E-state index is 0.0539. The maximum absolute atomic E-state index is 13.2. The number of allylic oxidation sites excluding steroid dienone is 8. The van der Waals surface area contributed by atoms with Gasteiger partial charge in [-0.1, -0.05) is 256 Å². The topological polar surface area (TPSA) is 175 Å². The van der Waals surface area contributed by atoms with Crippen LogP contribution >= 0.6 is 0 Å². The van der Waals surface area contributed by atoms with Gasteiger partial charge < -0.3 is 39.0 Å². The summed E-state index contributed by atoms with van der Waals surface area (Å²) in [5.74, 6) is -3.14. The first-order chi connectivity index (χ1) is 38.6. The number of hydrogen-bond donors (Lipinski definition) is 3. The highest BCUT2D eigenvalue weighted by Gasteiger charge is 2.50. The SMILES string of the molecule is CC/C=C\C/C=C\C/C=C\CCCCCC(=O)OC(COC(=O)CCCCCCCCCCCCCCCCCCCCC)COC1OC(C(=O)O)C(O)C(O)C1OC(=O)CCCCCCCCC/C=C\CCCCCCCC. The van der Waals surface area contributed by atoms with E-state index in [0.29, 0.717) is 19.3 Å². The lowest BCUT2D eigenvalue weighted by Crippen LogP contribution is -2.61. The molecule has 458 valence electrons. The molecule has 0 aromatic rings. The Morgan fingerprint density at radius 3 is 1.24 bits per heavy atom. The molecular formula is C67H118O12. The molecule has 1 rings (SSSR count). The molecule has 0 aromatic carbocycles. The molecular weight excluding hydrogens is 997 g/mol. The number of esters is 3. The van der Waals surface area contributed by atoms with Crippen LogP contribution in [0.5, 0.6) is 0 Å². The normalized spacial score (nSPS) is 18.1. The summed E-state index contributed by atoms with van der Waals surface area (Å²) >= 11 is 0. The van der Waals surface area contributed by atoms with E-state index in [-0.39, 0.29) is 25.9 Å². The zero-order valence-corrected chi connectivity index (χ0v) is 50.6. The Balaban J connectivity index is 2.63. The second-order valence-electron chi connectivity index (χ2n) is 22.4. The summed E-state index contributed by atoms with van der Waals surface area (Å²) in [5, 5.41) is 31.6. The number of carboxylic acids is 1. The minimum Gasteiger partial charge on any atom is -0.479 e. The van der Waals surface area contributed by atoms with Crippen molar-refractivity contribution in [2.24, 2.45) is 0 Å². The van der Waals surface area contributed by atoms with Gasteiger partial charge in [0.1, 0.15) is 18.8 Å². The van der Waals surface area contributed by atoms with E-state index in [9.17, 15) is 34.5 Å². The van der Waals surface area contributed by atoms with Crippen molar-refractivity contribution in [1.82, 2.24) is 0 Å². The summed E-state index contributed by atoms with van der Waals surface area (Å²) in [5.41, 5.74) is 0. The average molecular weight is 1120 g/mol. The first kappa shape index (κ1) is 73.7. The lowest BCUT2D eigenvalue weighted by molar-refractivity contribution is -0.301. The van der Waals surface area contributed by atoms with Gasteiger partial charge in [0.2, 0.25) is 0 Å². The molecule has 1 aliphatic rings. The Morgan fingerprint density at radius 1 is 0.430 bits per heavy atom. The van der Waals surface area contributed by atoms with Crippen molar-refractivity contribution in [3.05, 3.63) is 48.6 Å². The fourth-order valence-corrected chi connectivity index (χ4v) is 9.91. The van der Waals surface area contributed by atoms with Crippen LogP contribution in [-0.2, 0) is 42.9 Å². The monoisotopic (exact) mass is 1110 g/mol. The van der Waals surface area contributed by atoms with Crippen molar-refractivity contribution in [3.63, 3.8) is 0 Å². The molecule has 12 nitrogen and oxygen atoms in total. The van der Waals surface area contributed by atoms with E-state index in [2.05, 4.69) is 69.4 Å². The Morgan fingerprint density at radius 2 is 0.797 bits per heavy atom. The molecule has 1 saturated heterocycles. The number of rotatable bonds is 56. The summed E-state index contributed by atoms with van der Waals surface area (Å²) in [6, 6.07) is 0. The number of aliphatic hydroxyl groups excluding tert-OH is 2. The Hall–Kier alpha value is -3.32. The van der Waals surface area contributed by atoms with Crippen LogP contribution in [0.2, 0.25) is 0 Å². The first-order valence-electron chi connectivity index (χ1n) is 32.6. The lowest BCUT2D eigenvalue weighted by Gasteiger charge is -2.40. The van der Waals surface area contributed by atoms with Crippen molar-refractivity contribution in [2.45, 2.75) is 340 Å². The number of carboxylic acid groups (broad SMARTS) is 1. The molecule has 79 heavy (non-hydrogen) atoms. The summed E-state index contributed by atoms with van der Waals surface area (Å²) in [6.07, 6.45) is 55.1. The van der Waals surface area contributed by atoms with Crippen molar-refractivity contribution < 1.29 is 58.2 Å². The van der Waals surface area contributed by atoms with Crippen molar-refractivity contribution >= 4 is 23.9 Å². The number of aliphatic hydroxyl groups is 2. The number of unbranched alkanes of at least 4 members (excludes halogenated alkanes) is 34. The molecule has 3 N–H and O–H groups in total. The molecule has 12 heteroatoms. The van der Waals surface area contributed by atoms with E-state index in [1.165, 1.54) is 154 Å². The molecule has 6 unspecified atom stereocenters. The molecule has 0 amide bonds. The highest BCUT2D eigenvalue weighted by molar-refractivity contribution is 5.74. The zero-order valence-electron chi connectivity index (χ0n) is 50.6. The third-order valence-electron chi connectivity index (χ3n) is 14.9. The number of carbonyl (C=O) groups excluding carboxylic acids is 3. The second-order valence-corrected chi connectivity index (χ2v) is 22.4. The number of ether oxygens (including phenoxy) is 5. The Kier molecular flexibility index (Phi) is 51.5. The quantitative estimate of drug-likeness (QED) is 0.0228. The standard InChI is InChI=1S/C67H118O12/c1-4-7-10-13-16-19-22-25-27-29-30-32-33-36-38-41-44-47-50-53-59(68)75-56-58(77-60(69)54-51-48-45-42-39-35-24-21-18-15-12-9-6-3)57-76-67-65(63(72)62(71)64(79-67)66(73)74)78-61(70)55-52-49-46-43-40-37-34-31-28-26-23-20-17-14-11-8-5-2/h9,12,18,21,26,28,35,39,58,62-65,67,71-72H,4-8,10-11,13-17,19-20,22-25,27,29-34,36-38,40-57H2,1-3H3,(H,73,74)/b12-9-,21-18-,28-26-,39-35-. The molecule has 1 fully saturated rings. The van der Waals surface area contributed by atoms with Gasteiger partial charge in [-0.05, 0) is 77.0 Å². The molecule has 0 spiro atoms. The van der Waals surface area contributed by atoms with Gasteiger partial charge in [0.15, 0.2) is 24.6 Å². The maximum Gasteiger partial charge on any atom is 0.335 e. The molecule has 1 heterocycles. The van der Waals surface area contributed by atoms with Crippen LogP contribution < -0.4 is 0 Å². The van der Waals surface area contributed by atoms with Crippen LogP contribution in [0.3, 0.4) is 0 Å². The van der Waals surface area contributed by atoms with Crippen LogP contribution in [-0.4, -0.2) is 89.2 Å². The summed E-state index contributed by atoms with van der Waals surface area (Å²) < 4.78 is 28.5. The van der Waals surface area contributed by atoms with Crippen LogP contribution in [0, 0.1) is 0 Å². The minimum atomic E-state index is -1.91. The predicted octanol–water partition coefficient (Wildman–Crippen LogP) is 17.3. The smallest absolute Gasteiger partial charge is 0.335 e. The van der Waals surface area contributed by atoms with Crippen molar-refractivity contribution in [3.8, 4) is 0 Å². The van der Waals surface area contributed by atoms with Crippen LogP contribution in [0.4, 0.5) is 0 Å². The Bertz CT molecular complexity index is 1560. The summed E-state index contributed by atoms with van der Waals surface area (Å²) in [4.78, 5) is 51.3. The van der Waals surface area contributed by atoms with Gasteiger partial charge in [-0.15, -0.1) is 0 Å². The van der Waals surface area contributed by atoms with Crippen LogP contribution in [0.15, 0.2) is 48.6 Å². The third-order valence-corrected chi connectivity index (χ3v) is 14.9. The van der Waals surface area contributed by atoms with Gasteiger partial charge in [-0.2, -0.15) is 0 Å². The van der Waals surface area contributed by atoms with Gasteiger partial charge >= 0.3 is 23.9 Å². The molecule has 0 aromatic heterocycles. The van der Waals surface area contributed by atoms with Gasteiger partial charge in [-0.25, -0.2) is 4.79 Å². The van der Waals surface area contributed by atoms with Gasteiger partial charge in [0.05, 0.1) is 6.61 Å². The third kappa shape index (κ3) is 45.0. The molecule has 1 aliphatic heterocycles. The largest absolute Gasteiger partial charge is 0.479 e. The predicted molar refractivity (Wildman–Crippen MR) is 322 cm³/mol. The highest BCUT2D eigenvalue weighted by atomic mass is 16.7. The van der Waals surface area contributed by atoms with Gasteiger partial charge in [-0.3, -0.25) is 14.4 Å². The highest BCUT2D eigenvalue weighted by Crippen LogP contribution is 2.27. The van der Waals surface area contributed by atoms with E-state index in [4.69, 9.17) is 23.7 Å². The van der Waals surface area contributed by atoms with Gasteiger partial charge in [0.25, 0.3) is 0 Å². The number of carbonyl (C=O) groups is 4. The first-order valence-corrected chi connectivity index (χ1v) is 32.6. The molecule has 0 aliphatic carbocycles. The fourth-order valence-electron chi connectivity index (χ4n) is 9.91. The van der Waals surface area contributed by atoms with Crippen molar-refractivity contribution in [2.75, 3.05) is 13.2 Å². The Labute approximate surface area is 482 Å². The average Bonchev–Trinajstić information content (AvgIpc) is 3.44. The molecule has 0 bridgehead atoms. The van der Waals surface area contributed by atoms with Crippen molar-refractivity contribution in [1.29, 1.82) is 0 Å². The zero-order chi connectivity index (χ0) is 57.5. The van der Waals surface area contributed by atoms with Gasteiger partial charge in [0, 0.05) is 19.3 Å². The fraction of sp³-hybridized carbons (Fsp3) is 0.821. The molecule has 0 saturated carbocycles. The van der Waals surface area contributed by atoms with E-state index in [1.807, 2.05) is 0 Å². The molecule has 0 radical (unpaired) electrons. The lowest BCUT2D eigenvalue weighted by atomic mass is 9.98. The van der Waals surface area contributed by atoms with E-state index < -0.39 is 67.3 Å². The van der Waals surface area contributed by atoms with E-state index in [0.717, 1.165) is 89.9 Å². The second kappa shape index (κ2) is 55.2. The van der Waals surface area contributed by atoms with E-state index in [1.54, 1.807) is 0 Å². The van der Waals surface area contributed by atoms with Crippen LogP contribution in [0.25, 0.3) is 0 Å². The maximum atomic E-state index is 13.2.